The standard InChI is InChI=1S/C14H22N4O2/c1-17(9-10-19-2)7-8-18-11-5-4-6-12(20-3)13(11)16-14(18)15/h4-6H,7-10H2,1-3H3,(H2,15,16). The molecule has 0 aliphatic carbocycles. The van der Waals surface area contributed by atoms with E-state index in [1.54, 1.807) is 14.2 Å². The molecule has 110 valence electrons. The third-order valence-electron chi connectivity index (χ3n) is 3.37. The monoisotopic (exact) mass is 278 g/mol. The summed E-state index contributed by atoms with van der Waals surface area (Å²) in [5.41, 5.74) is 7.83. The minimum absolute atomic E-state index is 0.518. The number of anilines is 1. The number of likely N-dealkylation sites (N-methyl/N-ethyl adjacent to an activating group) is 1. The van der Waals surface area contributed by atoms with Crippen LogP contribution in [-0.2, 0) is 11.3 Å². The topological polar surface area (TPSA) is 65.5 Å². The smallest absolute Gasteiger partial charge is 0.201 e. The van der Waals surface area contributed by atoms with Crippen molar-refractivity contribution < 1.29 is 9.47 Å². The summed E-state index contributed by atoms with van der Waals surface area (Å²) in [7, 11) is 5.42. The number of methoxy groups -OCH3 is 2. The van der Waals surface area contributed by atoms with Crippen LogP contribution >= 0.6 is 0 Å². The highest BCUT2D eigenvalue weighted by Gasteiger charge is 2.12. The third kappa shape index (κ3) is 3.02. The fraction of sp³-hybridized carbons (Fsp3) is 0.500. The van der Waals surface area contributed by atoms with Crippen LogP contribution in [0.1, 0.15) is 0 Å². The van der Waals surface area contributed by atoms with E-state index in [4.69, 9.17) is 15.2 Å². The molecule has 6 nitrogen and oxygen atoms in total. The predicted molar refractivity (Wildman–Crippen MR) is 80.1 cm³/mol. The van der Waals surface area contributed by atoms with E-state index in [-0.39, 0.29) is 0 Å². The van der Waals surface area contributed by atoms with E-state index in [1.165, 1.54) is 0 Å². The molecule has 2 aromatic rings. The van der Waals surface area contributed by atoms with Crippen LogP contribution in [0.3, 0.4) is 0 Å². The first-order valence-corrected chi connectivity index (χ1v) is 6.63. The number of hydrogen-bond donors (Lipinski definition) is 1. The number of ether oxygens (including phenoxy) is 2. The molecule has 2 N–H and O–H groups in total. The lowest BCUT2D eigenvalue weighted by atomic mass is 10.3. The average Bonchev–Trinajstić information content (AvgIpc) is 2.78. The summed E-state index contributed by atoms with van der Waals surface area (Å²) in [6.07, 6.45) is 0. The Morgan fingerprint density at radius 2 is 2.10 bits per heavy atom. The maximum Gasteiger partial charge on any atom is 0.201 e. The number of imidazole rings is 1. The van der Waals surface area contributed by atoms with Gasteiger partial charge < -0.3 is 24.7 Å². The fourth-order valence-electron chi connectivity index (χ4n) is 2.17. The van der Waals surface area contributed by atoms with Crippen LogP contribution in [0.25, 0.3) is 11.0 Å². The van der Waals surface area contributed by atoms with Crippen molar-refractivity contribution in [1.29, 1.82) is 0 Å². The Bertz CT molecular complexity index is 568. The molecular weight excluding hydrogens is 256 g/mol. The molecular formula is C14H22N4O2. The number of hydrogen-bond acceptors (Lipinski definition) is 5. The molecule has 0 saturated carbocycles. The highest BCUT2D eigenvalue weighted by Crippen LogP contribution is 2.26. The third-order valence-corrected chi connectivity index (χ3v) is 3.37. The Labute approximate surface area is 119 Å². The van der Waals surface area contributed by atoms with E-state index in [2.05, 4.69) is 16.9 Å². The second-order valence-electron chi connectivity index (χ2n) is 4.75. The number of nitrogen functional groups attached to an aromatic ring is 1. The number of nitrogens with two attached hydrogens (primary N) is 1. The molecule has 0 fully saturated rings. The lowest BCUT2D eigenvalue weighted by molar-refractivity contribution is 0.159. The highest BCUT2D eigenvalue weighted by atomic mass is 16.5. The van der Waals surface area contributed by atoms with Crippen molar-refractivity contribution >= 4 is 17.0 Å². The first-order valence-electron chi connectivity index (χ1n) is 6.63. The zero-order chi connectivity index (χ0) is 14.5. The van der Waals surface area contributed by atoms with Crippen molar-refractivity contribution in [3.8, 4) is 5.75 Å². The average molecular weight is 278 g/mol. The molecule has 0 aliphatic heterocycles. The van der Waals surface area contributed by atoms with Gasteiger partial charge in [0, 0.05) is 26.7 Å². The van der Waals surface area contributed by atoms with Crippen LogP contribution in [-0.4, -0.2) is 55.4 Å². The largest absolute Gasteiger partial charge is 0.494 e. The summed E-state index contributed by atoms with van der Waals surface area (Å²) in [5.74, 6) is 1.27. The Morgan fingerprint density at radius 1 is 1.30 bits per heavy atom. The molecule has 1 aromatic heterocycles. The van der Waals surface area contributed by atoms with Crippen molar-refractivity contribution in [3.05, 3.63) is 18.2 Å². The van der Waals surface area contributed by atoms with E-state index in [0.29, 0.717) is 5.95 Å². The summed E-state index contributed by atoms with van der Waals surface area (Å²) in [6, 6.07) is 5.85. The molecule has 0 bridgehead atoms. The van der Waals surface area contributed by atoms with Gasteiger partial charge in [-0.25, -0.2) is 4.98 Å². The fourth-order valence-corrected chi connectivity index (χ4v) is 2.17. The van der Waals surface area contributed by atoms with Gasteiger partial charge in [-0.1, -0.05) is 6.07 Å². The molecule has 2 rings (SSSR count). The summed E-state index contributed by atoms with van der Waals surface area (Å²) in [6.45, 7) is 3.29. The molecule has 0 radical (unpaired) electrons. The number of nitrogens with zero attached hydrogens (tertiary/aromatic N) is 3. The van der Waals surface area contributed by atoms with Crippen molar-refractivity contribution in [2.45, 2.75) is 6.54 Å². The number of para-hydroxylation sites is 1. The molecule has 6 heteroatoms. The Hall–Kier alpha value is -1.79. The molecule has 0 unspecified atom stereocenters. The second kappa shape index (κ2) is 6.58. The molecule has 20 heavy (non-hydrogen) atoms. The summed E-state index contributed by atoms with van der Waals surface area (Å²) in [5, 5.41) is 0. The van der Waals surface area contributed by atoms with Gasteiger partial charge in [0.2, 0.25) is 5.95 Å². The highest BCUT2D eigenvalue weighted by molar-refractivity contribution is 5.84. The lowest BCUT2D eigenvalue weighted by Gasteiger charge is -2.17. The number of rotatable bonds is 7. The van der Waals surface area contributed by atoms with Crippen LogP contribution < -0.4 is 10.5 Å². The van der Waals surface area contributed by atoms with Gasteiger partial charge in [0.1, 0.15) is 11.3 Å². The van der Waals surface area contributed by atoms with Gasteiger partial charge >= 0.3 is 0 Å². The normalized spacial score (nSPS) is 11.4. The van der Waals surface area contributed by atoms with Gasteiger partial charge in [-0.05, 0) is 19.2 Å². The van der Waals surface area contributed by atoms with E-state index >= 15 is 0 Å². The van der Waals surface area contributed by atoms with Crippen LogP contribution in [0.4, 0.5) is 5.95 Å². The summed E-state index contributed by atoms with van der Waals surface area (Å²) < 4.78 is 12.4. The maximum atomic E-state index is 6.02. The van der Waals surface area contributed by atoms with Crippen molar-refractivity contribution in [1.82, 2.24) is 14.5 Å². The van der Waals surface area contributed by atoms with Gasteiger partial charge in [0.15, 0.2) is 0 Å². The van der Waals surface area contributed by atoms with Crippen molar-refractivity contribution in [2.75, 3.05) is 46.7 Å². The van der Waals surface area contributed by atoms with Crippen molar-refractivity contribution in [3.63, 3.8) is 0 Å². The van der Waals surface area contributed by atoms with E-state index in [9.17, 15) is 0 Å². The molecule has 0 amide bonds. The van der Waals surface area contributed by atoms with Gasteiger partial charge in [0.25, 0.3) is 0 Å². The Balaban J connectivity index is 2.16. The summed E-state index contributed by atoms with van der Waals surface area (Å²) >= 11 is 0. The minimum Gasteiger partial charge on any atom is -0.494 e. The number of aromatic nitrogens is 2. The van der Waals surface area contributed by atoms with Crippen LogP contribution in [0.2, 0.25) is 0 Å². The van der Waals surface area contributed by atoms with E-state index in [0.717, 1.165) is 43.0 Å². The van der Waals surface area contributed by atoms with Crippen LogP contribution in [0.15, 0.2) is 18.2 Å². The van der Waals surface area contributed by atoms with E-state index < -0.39 is 0 Å². The van der Waals surface area contributed by atoms with E-state index in [1.807, 2.05) is 22.8 Å². The zero-order valence-electron chi connectivity index (χ0n) is 12.3. The molecule has 1 heterocycles. The van der Waals surface area contributed by atoms with Crippen molar-refractivity contribution in [2.24, 2.45) is 0 Å². The summed E-state index contributed by atoms with van der Waals surface area (Å²) in [4.78, 5) is 6.60. The van der Waals surface area contributed by atoms with Gasteiger partial charge in [-0.3, -0.25) is 0 Å². The first-order chi connectivity index (χ1) is 9.67. The molecule has 0 spiro atoms. The van der Waals surface area contributed by atoms with Gasteiger partial charge in [0.05, 0.1) is 19.2 Å². The molecule has 0 aliphatic rings. The predicted octanol–water partition coefficient (Wildman–Crippen LogP) is 1.21. The quantitative estimate of drug-likeness (QED) is 0.824. The Morgan fingerprint density at radius 3 is 2.80 bits per heavy atom. The number of benzene rings is 1. The molecule has 1 aromatic carbocycles. The molecule has 0 saturated heterocycles. The SMILES string of the molecule is COCCN(C)CCn1c(N)nc2c(OC)cccc21. The molecule has 0 atom stereocenters. The lowest BCUT2D eigenvalue weighted by Crippen LogP contribution is -2.27. The van der Waals surface area contributed by atoms with Crippen LogP contribution in [0.5, 0.6) is 5.75 Å². The zero-order valence-corrected chi connectivity index (χ0v) is 12.3. The minimum atomic E-state index is 0.518. The maximum absolute atomic E-state index is 6.02. The number of fused-ring (bicyclic) bond motifs is 1. The van der Waals surface area contributed by atoms with Gasteiger partial charge in [-0.2, -0.15) is 0 Å². The van der Waals surface area contributed by atoms with Gasteiger partial charge in [-0.15, -0.1) is 0 Å². The Kier molecular flexibility index (Phi) is 4.81. The second-order valence-corrected chi connectivity index (χ2v) is 4.75. The van der Waals surface area contributed by atoms with Crippen LogP contribution in [0, 0.1) is 0 Å². The first kappa shape index (κ1) is 14.6.